The third kappa shape index (κ3) is 7.05. The maximum absolute atomic E-state index is 14.1. The van der Waals surface area contributed by atoms with E-state index in [2.05, 4.69) is 30.3 Å². The largest absolute Gasteiger partial charge is 0.457 e. The van der Waals surface area contributed by atoms with Gasteiger partial charge < -0.3 is 28.8 Å². The third-order valence-corrected chi connectivity index (χ3v) is 10.2. The van der Waals surface area contributed by atoms with E-state index >= 15 is 0 Å². The monoisotopic (exact) mass is 692 g/mol. The van der Waals surface area contributed by atoms with Crippen LogP contribution < -0.4 is 21.4 Å². The smallest absolute Gasteiger partial charge is 0.412 e. The molecule has 2 amide bonds. The zero-order chi connectivity index (χ0) is 36.3. The maximum atomic E-state index is 14.1. The first-order chi connectivity index (χ1) is 22.6. The molecule has 2 aliphatic rings. The highest BCUT2D eigenvalue weighted by Crippen LogP contribution is 2.41. The van der Waals surface area contributed by atoms with E-state index in [1.807, 2.05) is 12.1 Å². The van der Waals surface area contributed by atoms with Crippen molar-refractivity contribution < 1.29 is 38.1 Å². The molecule has 1 atom stereocenters. The molecule has 3 aromatic rings. The SMILES string of the molecule is CCC1(OC(=O)CNC(=O)OC(C)(C)C)C(=O)OCc2c1cc1n(c2=O)Cc2c-1nc1ccc(NC(=O)OC(C)(C)C)cc1c2[Si](C)(C)C. The number of rotatable bonds is 6. The zero-order valence-corrected chi connectivity index (χ0v) is 30.7. The molecular weight excluding hydrogens is 648 g/mol. The van der Waals surface area contributed by atoms with Crippen molar-refractivity contribution in [2.24, 2.45) is 0 Å². The number of benzene rings is 1. The minimum atomic E-state index is -2.14. The topological polar surface area (TPSA) is 164 Å². The Balaban J connectivity index is 1.58. The number of anilines is 1. The molecule has 13 nitrogen and oxygen atoms in total. The van der Waals surface area contributed by atoms with E-state index in [-0.39, 0.29) is 36.3 Å². The van der Waals surface area contributed by atoms with Crippen LogP contribution in [0.2, 0.25) is 19.6 Å². The van der Waals surface area contributed by atoms with E-state index in [4.69, 9.17) is 23.9 Å². The molecule has 49 heavy (non-hydrogen) atoms. The van der Waals surface area contributed by atoms with Crippen LogP contribution in [0.1, 0.15) is 71.6 Å². The molecule has 0 fully saturated rings. The number of esters is 2. The lowest BCUT2D eigenvalue weighted by atomic mass is 9.85. The molecule has 0 bridgehead atoms. The van der Waals surface area contributed by atoms with E-state index in [9.17, 15) is 24.0 Å². The van der Waals surface area contributed by atoms with E-state index in [0.29, 0.717) is 22.6 Å². The first-order valence-electron chi connectivity index (χ1n) is 16.2. The second-order valence-electron chi connectivity index (χ2n) is 15.3. The average Bonchev–Trinajstić information content (AvgIpc) is 3.32. The van der Waals surface area contributed by atoms with Crippen molar-refractivity contribution >= 4 is 54.0 Å². The number of fused-ring (bicyclic) bond motifs is 5. The molecule has 0 radical (unpaired) electrons. The Bertz CT molecular complexity index is 1950. The number of carbonyl (C=O) groups excluding carboxylic acids is 4. The fourth-order valence-electron chi connectivity index (χ4n) is 6.28. The van der Waals surface area contributed by atoms with Crippen molar-refractivity contribution in [3.8, 4) is 11.4 Å². The van der Waals surface area contributed by atoms with Crippen LogP contribution in [0.5, 0.6) is 0 Å². The fraction of sp³-hybridized carbons (Fsp3) is 0.486. The quantitative estimate of drug-likeness (QED) is 0.159. The van der Waals surface area contributed by atoms with Gasteiger partial charge in [-0.2, -0.15) is 0 Å². The number of hydrogen-bond donors (Lipinski definition) is 2. The lowest BCUT2D eigenvalue weighted by Crippen LogP contribution is -2.49. The summed E-state index contributed by atoms with van der Waals surface area (Å²) in [6.45, 7) is 18.1. The standard InChI is InChI=1S/C35H44N4O9Si/c1-11-35(46-26(40)16-36-31(43)47-33(2,3)4)23-15-25-27-21(17-39(25)29(41)22(23)18-45-30(35)42)28(49(8,9)10)20-14-19(12-13-24(20)38-27)37-32(44)48-34(5,6)7/h12-15H,11,16-18H2,1-10H3,(H,36,43)(H,37,44). The van der Waals surface area contributed by atoms with Gasteiger partial charge in [-0.25, -0.2) is 19.4 Å². The van der Waals surface area contributed by atoms with Gasteiger partial charge in [-0.15, -0.1) is 0 Å². The molecule has 2 aromatic heterocycles. The lowest BCUT2D eigenvalue weighted by Gasteiger charge is -2.35. The summed E-state index contributed by atoms with van der Waals surface area (Å²) >= 11 is 0. The Morgan fingerprint density at radius 2 is 1.63 bits per heavy atom. The predicted molar refractivity (Wildman–Crippen MR) is 185 cm³/mol. The van der Waals surface area contributed by atoms with Gasteiger partial charge in [0.05, 0.1) is 37.1 Å². The highest BCUT2D eigenvalue weighted by Gasteiger charge is 2.50. The first kappa shape index (κ1) is 35.6. The van der Waals surface area contributed by atoms with Crippen LogP contribution in [0.4, 0.5) is 15.3 Å². The van der Waals surface area contributed by atoms with Crippen LogP contribution in [0.15, 0.2) is 29.1 Å². The molecule has 1 unspecified atom stereocenters. The van der Waals surface area contributed by atoms with Gasteiger partial charge in [0.25, 0.3) is 5.56 Å². The minimum Gasteiger partial charge on any atom is -0.457 e. The second-order valence-corrected chi connectivity index (χ2v) is 20.3. The third-order valence-electron chi connectivity index (χ3n) is 8.11. The van der Waals surface area contributed by atoms with Crippen LogP contribution in [-0.4, -0.2) is 59.5 Å². The van der Waals surface area contributed by atoms with Crippen molar-refractivity contribution in [2.45, 2.75) is 104 Å². The van der Waals surface area contributed by atoms with Crippen molar-refractivity contribution in [2.75, 3.05) is 11.9 Å². The number of ether oxygens (including phenoxy) is 4. The average molecular weight is 693 g/mol. The number of carbonyl (C=O) groups is 4. The number of nitrogens with one attached hydrogen (secondary N) is 2. The highest BCUT2D eigenvalue weighted by molar-refractivity contribution is 6.90. The summed E-state index contributed by atoms with van der Waals surface area (Å²) in [4.78, 5) is 70.3. The molecule has 1 aromatic carbocycles. The van der Waals surface area contributed by atoms with Gasteiger partial charge in [-0.05, 0) is 83.0 Å². The van der Waals surface area contributed by atoms with Gasteiger partial charge in [0, 0.05) is 16.6 Å². The summed E-state index contributed by atoms with van der Waals surface area (Å²) in [5.41, 5.74) is -0.108. The van der Waals surface area contributed by atoms with Gasteiger partial charge in [-0.3, -0.25) is 14.9 Å². The Labute approximate surface area is 285 Å². The summed E-state index contributed by atoms with van der Waals surface area (Å²) in [6.07, 6.45) is -1.41. The Morgan fingerprint density at radius 1 is 0.980 bits per heavy atom. The number of amides is 2. The molecule has 5 rings (SSSR count). The van der Waals surface area contributed by atoms with Crippen molar-refractivity contribution in [3.63, 3.8) is 0 Å². The summed E-state index contributed by atoms with van der Waals surface area (Å²) in [7, 11) is -2.14. The van der Waals surface area contributed by atoms with Crippen LogP contribution in [0, 0.1) is 0 Å². The van der Waals surface area contributed by atoms with Crippen molar-refractivity contribution in [1.82, 2.24) is 14.9 Å². The van der Waals surface area contributed by atoms with E-state index in [1.54, 1.807) is 65.2 Å². The molecular formula is C35H44N4O9Si. The molecule has 0 aliphatic carbocycles. The molecule has 2 N–H and O–H groups in total. The molecule has 0 saturated carbocycles. The van der Waals surface area contributed by atoms with Gasteiger partial charge in [-0.1, -0.05) is 26.6 Å². The number of alkyl carbamates (subject to hydrolysis) is 1. The summed E-state index contributed by atoms with van der Waals surface area (Å²) in [5, 5.41) is 7.10. The fourth-order valence-corrected chi connectivity index (χ4v) is 8.39. The predicted octanol–water partition coefficient (Wildman–Crippen LogP) is 5.05. The zero-order valence-electron chi connectivity index (χ0n) is 29.7. The molecule has 0 spiro atoms. The van der Waals surface area contributed by atoms with Crippen LogP contribution in [0.3, 0.4) is 0 Å². The van der Waals surface area contributed by atoms with Gasteiger partial charge in [0.2, 0.25) is 5.60 Å². The van der Waals surface area contributed by atoms with Gasteiger partial charge in [0.1, 0.15) is 24.4 Å². The number of cyclic esters (lactones) is 1. The Morgan fingerprint density at radius 3 is 2.24 bits per heavy atom. The Hall–Kier alpha value is -4.72. The molecule has 14 heteroatoms. The summed E-state index contributed by atoms with van der Waals surface area (Å²) in [6, 6.07) is 7.15. The first-order valence-corrected chi connectivity index (χ1v) is 19.7. The second kappa shape index (κ2) is 12.3. The molecule has 0 saturated heterocycles. The molecule has 4 heterocycles. The molecule has 2 aliphatic heterocycles. The minimum absolute atomic E-state index is 0.0223. The number of aromatic nitrogens is 2. The van der Waals surface area contributed by atoms with E-state index < -0.39 is 55.5 Å². The normalized spacial score (nSPS) is 17.0. The summed E-state index contributed by atoms with van der Waals surface area (Å²) < 4.78 is 23.5. The van der Waals surface area contributed by atoms with Crippen molar-refractivity contribution in [1.29, 1.82) is 0 Å². The summed E-state index contributed by atoms with van der Waals surface area (Å²) in [5.74, 6) is -1.71. The Kier molecular flexibility index (Phi) is 8.94. The molecule has 262 valence electrons. The van der Waals surface area contributed by atoms with Gasteiger partial charge >= 0.3 is 24.1 Å². The van der Waals surface area contributed by atoms with Crippen LogP contribution in [-0.2, 0) is 47.3 Å². The number of hydrogen-bond acceptors (Lipinski definition) is 10. The highest BCUT2D eigenvalue weighted by atomic mass is 28.3. The maximum Gasteiger partial charge on any atom is 0.412 e. The van der Waals surface area contributed by atoms with Gasteiger partial charge in [0.15, 0.2) is 0 Å². The number of pyridine rings is 2. The lowest BCUT2D eigenvalue weighted by molar-refractivity contribution is -0.188. The van der Waals surface area contributed by atoms with E-state index in [1.165, 1.54) is 0 Å². The van der Waals surface area contributed by atoms with Crippen molar-refractivity contribution in [3.05, 3.63) is 51.3 Å². The van der Waals surface area contributed by atoms with E-state index in [0.717, 1.165) is 16.1 Å². The number of nitrogens with zero attached hydrogens (tertiary/aromatic N) is 2. The van der Waals surface area contributed by atoms with Crippen LogP contribution in [0.25, 0.3) is 22.3 Å². The van der Waals surface area contributed by atoms with Crippen LogP contribution >= 0.6 is 0 Å².